The molecule has 12 heteroatoms. The number of carbonyl (C=O) groups is 1. The molecule has 0 spiro atoms. The summed E-state index contributed by atoms with van der Waals surface area (Å²) < 4.78 is 56.4. The van der Waals surface area contributed by atoms with E-state index >= 15 is 0 Å². The van der Waals surface area contributed by atoms with Crippen molar-refractivity contribution < 1.29 is 21.6 Å². The molecule has 4 rings (SSSR count). The molecule has 208 valence electrons. The van der Waals surface area contributed by atoms with E-state index in [0.717, 1.165) is 9.37 Å². The molecule has 0 aliphatic rings. The van der Waals surface area contributed by atoms with E-state index in [1.165, 1.54) is 40.3 Å². The third-order valence-corrected chi connectivity index (χ3v) is 10.5. The molecule has 40 heavy (non-hydrogen) atoms. The lowest BCUT2D eigenvalue weighted by molar-refractivity contribution is 0.102. The van der Waals surface area contributed by atoms with Gasteiger partial charge in [-0.05, 0) is 110 Å². The standard InChI is InChI=1S/C28H26BrN3O5S3/c1-3-32(40(36,37)27-18-14-25(38-2)15-19-27)24-12-4-20(5-13-24)28(33)30-22-10-16-26(17-11-22)39(34,35)31-23-8-6-21(29)7-9-23/h4-19,31H,3H2,1-2H3,(H,30,33). The number of hydrogen-bond donors (Lipinski definition) is 2. The lowest BCUT2D eigenvalue weighted by atomic mass is 10.2. The van der Waals surface area contributed by atoms with Crippen LogP contribution in [0.25, 0.3) is 0 Å². The molecule has 0 fully saturated rings. The number of anilines is 3. The first kappa shape index (κ1) is 29.7. The second-order valence-corrected chi connectivity index (χ2v) is 13.8. The molecule has 1 amide bonds. The van der Waals surface area contributed by atoms with Gasteiger partial charge in [0.1, 0.15) is 0 Å². The number of thioether (sulfide) groups is 1. The molecular formula is C28H26BrN3O5S3. The molecule has 4 aromatic rings. The highest BCUT2D eigenvalue weighted by Gasteiger charge is 2.24. The maximum Gasteiger partial charge on any atom is 0.264 e. The molecule has 2 N–H and O–H groups in total. The quantitative estimate of drug-likeness (QED) is 0.190. The number of hydrogen-bond acceptors (Lipinski definition) is 6. The zero-order valence-corrected chi connectivity index (χ0v) is 25.6. The van der Waals surface area contributed by atoms with Gasteiger partial charge in [0, 0.05) is 32.9 Å². The van der Waals surface area contributed by atoms with Gasteiger partial charge in [0.2, 0.25) is 0 Å². The third-order valence-electron chi connectivity index (χ3n) is 5.87. The smallest absolute Gasteiger partial charge is 0.264 e. The van der Waals surface area contributed by atoms with Gasteiger partial charge in [-0.2, -0.15) is 0 Å². The van der Waals surface area contributed by atoms with Gasteiger partial charge >= 0.3 is 0 Å². The van der Waals surface area contributed by atoms with E-state index in [1.54, 1.807) is 79.7 Å². The van der Waals surface area contributed by atoms with Gasteiger partial charge in [0.15, 0.2) is 0 Å². The molecule has 0 bridgehead atoms. The molecule has 0 aromatic heterocycles. The first-order chi connectivity index (χ1) is 19.0. The van der Waals surface area contributed by atoms with Crippen LogP contribution in [0.3, 0.4) is 0 Å². The molecule has 8 nitrogen and oxygen atoms in total. The lowest BCUT2D eigenvalue weighted by Gasteiger charge is -2.23. The highest BCUT2D eigenvalue weighted by molar-refractivity contribution is 9.10. The largest absolute Gasteiger partial charge is 0.322 e. The van der Waals surface area contributed by atoms with Crippen LogP contribution in [-0.2, 0) is 20.0 Å². The molecular weight excluding hydrogens is 634 g/mol. The molecule has 0 atom stereocenters. The summed E-state index contributed by atoms with van der Waals surface area (Å²) in [6, 6.07) is 25.5. The predicted molar refractivity (Wildman–Crippen MR) is 164 cm³/mol. The first-order valence-corrected chi connectivity index (χ1v) is 16.9. The fourth-order valence-corrected chi connectivity index (χ4v) is 7.00. The molecule has 0 unspecified atom stereocenters. The monoisotopic (exact) mass is 659 g/mol. The Kier molecular flexibility index (Phi) is 9.24. The van der Waals surface area contributed by atoms with Crippen molar-refractivity contribution in [1.29, 1.82) is 0 Å². The molecule has 0 saturated carbocycles. The highest BCUT2D eigenvalue weighted by atomic mass is 79.9. The fourth-order valence-electron chi connectivity index (χ4n) is 3.80. The van der Waals surface area contributed by atoms with E-state index in [-0.39, 0.29) is 16.3 Å². The number of sulfonamides is 2. The Morgan fingerprint density at radius 1 is 0.775 bits per heavy atom. The van der Waals surface area contributed by atoms with Crippen molar-refractivity contribution in [1.82, 2.24) is 0 Å². The summed E-state index contributed by atoms with van der Waals surface area (Å²) in [5.41, 5.74) is 1.58. The van der Waals surface area contributed by atoms with E-state index in [2.05, 4.69) is 26.0 Å². The van der Waals surface area contributed by atoms with E-state index in [4.69, 9.17) is 0 Å². The summed E-state index contributed by atoms with van der Waals surface area (Å²) in [5, 5.41) is 2.73. The summed E-state index contributed by atoms with van der Waals surface area (Å²) in [6.45, 7) is 1.96. The van der Waals surface area contributed by atoms with Crippen molar-refractivity contribution in [2.45, 2.75) is 21.6 Å². The van der Waals surface area contributed by atoms with E-state index in [9.17, 15) is 21.6 Å². The van der Waals surface area contributed by atoms with Crippen LogP contribution in [0.5, 0.6) is 0 Å². The highest BCUT2D eigenvalue weighted by Crippen LogP contribution is 2.26. The van der Waals surface area contributed by atoms with Crippen molar-refractivity contribution in [3.05, 3.63) is 107 Å². The summed E-state index contributed by atoms with van der Waals surface area (Å²) in [7, 11) is -7.59. The summed E-state index contributed by atoms with van der Waals surface area (Å²) in [6.07, 6.45) is 1.92. The maximum absolute atomic E-state index is 13.2. The molecule has 0 aliphatic carbocycles. The minimum Gasteiger partial charge on any atom is -0.322 e. The van der Waals surface area contributed by atoms with Crippen LogP contribution < -0.4 is 14.3 Å². The summed E-state index contributed by atoms with van der Waals surface area (Å²) in [4.78, 5) is 14.0. The van der Waals surface area contributed by atoms with E-state index in [1.807, 2.05) is 6.26 Å². The van der Waals surface area contributed by atoms with Crippen LogP contribution in [0.1, 0.15) is 17.3 Å². The number of benzene rings is 4. The second-order valence-electron chi connectivity index (χ2n) is 8.48. The van der Waals surface area contributed by atoms with Gasteiger partial charge in [-0.25, -0.2) is 16.8 Å². The lowest BCUT2D eigenvalue weighted by Crippen LogP contribution is -2.30. The van der Waals surface area contributed by atoms with Gasteiger partial charge in [-0.3, -0.25) is 13.8 Å². The van der Waals surface area contributed by atoms with Crippen LogP contribution in [0.2, 0.25) is 0 Å². The fraction of sp³-hybridized carbons (Fsp3) is 0.107. The first-order valence-electron chi connectivity index (χ1n) is 12.0. The topological polar surface area (TPSA) is 113 Å². The maximum atomic E-state index is 13.2. The normalized spacial score (nSPS) is 11.6. The molecule has 4 aromatic carbocycles. The van der Waals surface area contributed by atoms with Crippen LogP contribution in [0.15, 0.2) is 116 Å². The van der Waals surface area contributed by atoms with Crippen molar-refractivity contribution >= 4 is 70.7 Å². The van der Waals surface area contributed by atoms with Crippen molar-refractivity contribution in [2.24, 2.45) is 0 Å². The van der Waals surface area contributed by atoms with Crippen LogP contribution in [-0.4, -0.2) is 35.5 Å². The van der Waals surface area contributed by atoms with Crippen LogP contribution in [0, 0.1) is 0 Å². The molecule has 0 aliphatic heterocycles. The van der Waals surface area contributed by atoms with Crippen molar-refractivity contribution in [2.75, 3.05) is 27.1 Å². The average Bonchev–Trinajstić information content (AvgIpc) is 2.95. The minimum absolute atomic E-state index is 0.0433. The Balaban J connectivity index is 1.44. The Morgan fingerprint density at radius 3 is 1.88 bits per heavy atom. The average molecular weight is 661 g/mol. The van der Waals surface area contributed by atoms with E-state index < -0.39 is 26.0 Å². The van der Waals surface area contributed by atoms with Gasteiger partial charge in [-0.15, -0.1) is 11.8 Å². The molecule has 0 heterocycles. The summed E-state index contributed by atoms with van der Waals surface area (Å²) >= 11 is 4.84. The number of carbonyl (C=O) groups excluding carboxylic acids is 1. The SMILES string of the molecule is CCN(c1ccc(C(=O)Nc2ccc(S(=O)(=O)Nc3ccc(Br)cc3)cc2)cc1)S(=O)(=O)c1ccc(SC)cc1. The van der Waals surface area contributed by atoms with Gasteiger partial charge < -0.3 is 5.32 Å². The predicted octanol–water partition coefficient (Wildman–Crippen LogP) is 6.44. The van der Waals surface area contributed by atoms with E-state index in [0.29, 0.717) is 22.6 Å². The van der Waals surface area contributed by atoms with Gasteiger partial charge in [-0.1, -0.05) is 15.9 Å². The van der Waals surface area contributed by atoms with Gasteiger partial charge in [0.25, 0.3) is 26.0 Å². The summed E-state index contributed by atoms with van der Waals surface area (Å²) in [5.74, 6) is -0.422. The van der Waals surface area contributed by atoms with Crippen molar-refractivity contribution in [3.63, 3.8) is 0 Å². The Labute approximate surface area is 247 Å². The minimum atomic E-state index is -3.81. The zero-order valence-electron chi connectivity index (χ0n) is 21.5. The molecule has 0 radical (unpaired) electrons. The number of rotatable bonds is 10. The number of nitrogens with zero attached hydrogens (tertiary/aromatic N) is 1. The Hall–Kier alpha value is -3.32. The number of halogens is 1. The number of nitrogens with one attached hydrogen (secondary N) is 2. The second kappa shape index (κ2) is 12.5. The van der Waals surface area contributed by atoms with Crippen molar-refractivity contribution in [3.8, 4) is 0 Å². The van der Waals surface area contributed by atoms with Gasteiger partial charge in [0.05, 0.1) is 15.5 Å². The number of amides is 1. The van der Waals surface area contributed by atoms with Crippen LogP contribution in [0.4, 0.5) is 17.1 Å². The Bertz CT molecular complexity index is 1690. The molecule has 0 saturated heterocycles. The third kappa shape index (κ3) is 6.87. The zero-order chi connectivity index (χ0) is 28.9. The van der Waals surface area contributed by atoms with Crippen LogP contribution >= 0.6 is 27.7 Å². The Morgan fingerprint density at radius 2 is 1.32 bits per heavy atom.